The Kier molecular flexibility index (Phi) is 3.58. The molecular formula is C19H20N4. The van der Waals surface area contributed by atoms with E-state index >= 15 is 0 Å². The van der Waals surface area contributed by atoms with Gasteiger partial charge in [-0.15, -0.1) is 0 Å². The molecule has 23 heavy (non-hydrogen) atoms. The molecule has 0 amide bonds. The number of hydrogen-bond donors (Lipinski definition) is 1. The maximum Gasteiger partial charge on any atom is 0.222 e. The van der Waals surface area contributed by atoms with E-state index in [1.54, 1.807) is 6.33 Å². The van der Waals surface area contributed by atoms with Crippen molar-refractivity contribution in [3.63, 3.8) is 0 Å². The van der Waals surface area contributed by atoms with Crippen LogP contribution in [0.15, 0.2) is 60.9 Å². The number of aryl methyl sites for hydroxylation is 1. The number of rotatable bonds is 3. The molecule has 2 heterocycles. The molecule has 0 aliphatic carbocycles. The lowest BCUT2D eigenvalue weighted by Crippen LogP contribution is -2.28. The van der Waals surface area contributed by atoms with Crippen molar-refractivity contribution in [1.29, 1.82) is 0 Å². The van der Waals surface area contributed by atoms with Crippen LogP contribution in [0.3, 0.4) is 0 Å². The average molecular weight is 304 g/mol. The van der Waals surface area contributed by atoms with Crippen molar-refractivity contribution in [3.8, 4) is 0 Å². The van der Waals surface area contributed by atoms with Crippen LogP contribution in [0.25, 0.3) is 0 Å². The number of nitrogens with one attached hydrogen (secondary N) is 1. The number of benzene rings is 2. The summed E-state index contributed by atoms with van der Waals surface area (Å²) in [5.74, 6) is 0.842. The van der Waals surface area contributed by atoms with Crippen LogP contribution in [0, 0.1) is 0 Å². The summed E-state index contributed by atoms with van der Waals surface area (Å²) in [6, 6.07) is 19.9. The van der Waals surface area contributed by atoms with Gasteiger partial charge in [-0.05, 0) is 29.5 Å². The second-order valence-corrected chi connectivity index (χ2v) is 5.98. The van der Waals surface area contributed by atoms with Gasteiger partial charge in [0.1, 0.15) is 6.33 Å². The molecule has 0 bridgehead atoms. The predicted molar refractivity (Wildman–Crippen MR) is 91.4 cm³/mol. The van der Waals surface area contributed by atoms with Gasteiger partial charge in [-0.1, -0.05) is 61.5 Å². The van der Waals surface area contributed by atoms with Gasteiger partial charge in [-0.2, -0.15) is 10.1 Å². The Labute approximate surface area is 136 Å². The monoisotopic (exact) mass is 304 g/mol. The van der Waals surface area contributed by atoms with E-state index in [0.717, 1.165) is 18.8 Å². The highest BCUT2D eigenvalue weighted by molar-refractivity contribution is 5.38. The predicted octanol–water partition coefficient (Wildman–Crippen LogP) is 3.99. The summed E-state index contributed by atoms with van der Waals surface area (Å²) in [5, 5.41) is 7.93. The fraction of sp³-hybridized carbons (Fsp3) is 0.263. The topological polar surface area (TPSA) is 42.7 Å². The minimum Gasteiger partial charge on any atom is -0.348 e. The molecule has 1 aliphatic heterocycles. The first-order valence-electron chi connectivity index (χ1n) is 8.15. The van der Waals surface area contributed by atoms with Crippen molar-refractivity contribution >= 4 is 5.95 Å². The number of nitrogens with zero attached hydrogens (tertiary/aromatic N) is 3. The maximum absolute atomic E-state index is 4.43. The molecule has 4 heteroatoms. The van der Waals surface area contributed by atoms with Gasteiger partial charge >= 0.3 is 0 Å². The minimum absolute atomic E-state index is 0.213. The van der Waals surface area contributed by atoms with Crippen LogP contribution < -0.4 is 5.32 Å². The number of aromatic nitrogens is 3. The molecule has 0 spiro atoms. The van der Waals surface area contributed by atoms with Crippen molar-refractivity contribution in [2.75, 3.05) is 5.32 Å². The van der Waals surface area contributed by atoms with Crippen molar-refractivity contribution in [3.05, 3.63) is 77.6 Å². The van der Waals surface area contributed by atoms with E-state index in [2.05, 4.69) is 76.9 Å². The number of fused-ring (bicyclic) bond motifs is 1. The number of hydrogen-bond acceptors (Lipinski definition) is 3. The summed E-state index contributed by atoms with van der Waals surface area (Å²) in [6.45, 7) is 2.18. The third kappa shape index (κ3) is 2.61. The SMILES string of the molecule is CCc1ccc([C@H]2C[C@@H](c3ccccc3)Nc3ncnn32)cc1. The molecule has 0 saturated carbocycles. The van der Waals surface area contributed by atoms with Gasteiger partial charge in [0, 0.05) is 0 Å². The van der Waals surface area contributed by atoms with E-state index in [-0.39, 0.29) is 12.1 Å². The normalized spacial score (nSPS) is 19.9. The second-order valence-electron chi connectivity index (χ2n) is 5.98. The fourth-order valence-electron chi connectivity index (χ4n) is 3.28. The molecule has 2 atom stereocenters. The first-order valence-corrected chi connectivity index (χ1v) is 8.15. The Balaban J connectivity index is 1.70. The van der Waals surface area contributed by atoms with Gasteiger partial charge in [0.25, 0.3) is 0 Å². The molecule has 0 radical (unpaired) electrons. The molecule has 0 unspecified atom stereocenters. The molecule has 2 aromatic carbocycles. The average Bonchev–Trinajstić information content (AvgIpc) is 3.10. The molecule has 4 nitrogen and oxygen atoms in total. The van der Waals surface area contributed by atoms with Crippen molar-refractivity contribution in [2.45, 2.75) is 31.8 Å². The van der Waals surface area contributed by atoms with E-state index in [4.69, 9.17) is 0 Å². The van der Waals surface area contributed by atoms with Crippen molar-refractivity contribution < 1.29 is 0 Å². The highest BCUT2D eigenvalue weighted by atomic mass is 15.4. The zero-order valence-electron chi connectivity index (χ0n) is 13.2. The molecular weight excluding hydrogens is 284 g/mol. The van der Waals surface area contributed by atoms with Crippen LogP contribution in [-0.4, -0.2) is 14.8 Å². The summed E-state index contributed by atoms with van der Waals surface area (Å²) in [7, 11) is 0. The smallest absolute Gasteiger partial charge is 0.222 e. The molecule has 1 aromatic heterocycles. The van der Waals surface area contributed by atoms with E-state index in [0.29, 0.717) is 0 Å². The first-order chi connectivity index (χ1) is 11.3. The minimum atomic E-state index is 0.213. The quantitative estimate of drug-likeness (QED) is 0.795. The summed E-state index contributed by atoms with van der Waals surface area (Å²) in [5.41, 5.74) is 3.94. The summed E-state index contributed by atoms with van der Waals surface area (Å²) in [6.07, 6.45) is 3.66. The molecule has 116 valence electrons. The molecule has 0 saturated heterocycles. The zero-order valence-corrected chi connectivity index (χ0v) is 13.2. The van der Waals surface area contributed by atoms with Crippen LogP contribution >= 0.6 is 0 Å². The van der Waals surface area contributed by atoms with Crippen LogP contribution in [0.1, 0.15) is 42.1 Å². The summed E-state index contributed by atoms with van der Waals surface area (Å²) < 4.78 is 2.00. The van der Waals surface area contributed by atoms with Gasteiger partial charge in [-0.25, -0.2) is 4.68 Å². The molecule has 3 aromatic rings. The Bertz CT molecular complexity index is 777. The van der Waals surface area contributed by atoms with Crippen LogP contribution in [0.4, 0.5) is 5.95 Å². The lowest BCUT2D eigenvalue weighted by atomic mass is 9.93. The second kappa shape index (κ2) is 5.88. The van der Waals surface area contributed by atoms with Gasteiger partial charge in [0.2, 0.25) is 5.95 Å². The van der Waals surface area contributed by atoms with Crippen LogP contribution in [-0.2, 0) is 6.42 Å². The first kappa shape index (κ1) is 14.0. The van der Waals surface area contributed by atoms with E-state index < -0.39 is 0 Å². The Hall–Kier alpha value is -2.62. The lowest BCUT2D eigenvalue weighted by molar-refractivity contribution is 0.431. The molecule has 4 rings (SSSR count). The van der Waals surface area contributed by atoms with Gasteiger partial charge in [-0.3, -0.25) is 0 Å². The highest BCUT2D eigenvalue weighted by Crippen LogP contribution is 2.37. The Morgan fingerprint density at radius 2 is 1.83 bits per heavy atom. The molecule has 1 N–H and O–H groups in total. The molecule has 1 aliphatic rings. The van der Waals surface area contributed by atoms with E-state index in [1.165, 1.54) is 16.7 Å². The van der Waals surface area contributed by atoms with Crippen molar-refractivity contribution in [2.24, 2.45) is 0 Å². The van der Waals surface area contributed by atoms with E-state index in [9.17, 15) is 0 Å². The summed E-state index contributed by atoms with van der Waals surface area (Å²) >= 11 is 0. The van der Waals surface area contributed by atoms with Gasteiger partial charge in [0.15, 0.2) is 0 Å². The van der Waals surface area contributed by atoms with Crippen LogP contribution in [0.2, 0.25) is 0 Å². The number of anilines is 1. The summed E-state index contributed by atoms with van der Waals surface area (Å²) in [4.78, 5) is 4.38. The standard InChI is InChI=1S/C19H20N4/c1-2-14-8-10-16(11-9-14)18-12-17(15-6-4-3-5-7-15)22-19-20-13-21-23(18)19/h3-11,13,17-18H,2,12H2,1H3,(H,20,21,22)/t17-,18+/m0/s1. The third-order valence-electron chi connectivity index (χ3n) is 4.61. The third-order valence-corrected chi connectivity index (χ3v) is 4.61. The zero-order chi connectivity index (χ0) is 15.6. The Morgan fingerprint density at radius 3 is 2.57 bits per heavy atom. The van der Waals surface area contributed by atoms with Crippen molar-refractivity contribution in [1.82, 2.24) is 14.8 Å². The largest absolute Gasteiger partial charge is 0.348 e. The molecule has 0 fully saturated rings. The van der Waals surface area contributed by atoms with Crippen LogP contribution in [0.5, 0.6) is 0 Å². The maximum atomic E-state index is 4.43. The van der Waals surface area contributed by atoms with E-state index in [1.807, 2.05) is 4.68 Å². The van der Waals surface area contributed by atoms with Gasteiger partial charge in [0.05, 0.1) is 12.1 Å². The Morgan fingerprint density at radius 1 is 1.04 bits per heavy atom. The highest BCUT2D eigenvalue weighted by Gasteiger charge is 2.29. The fourth-order valence-corrected chi connectivity index (χ4v) is 3.28. The van der Waals surface area contributed by atoms with Gasteiger partial charge < -0.3 is 5.32 Å². The lowest BCUT2D eigenvalue weighted by Gasteiger charge is -2.31.